The molecule has 2 N–H and O–H groups in total. The van der Waals surface area contributed by atoms with Crippen LogP contribution in [-0.2, 0) is 6.42 Å². The molecule has 0 saturated heterocycles. The first-order valence-corrected chi connectivity index (χ1v) is 6.36. The molecule has 0 spiro atoms. The predicted octanol–water partition coefficient (Wildman–Crippen LogP) is 2.27. The van der Waals surface area contributed by atoms with Crippen LogP contribution >= 0.6 is 22.6 Å². The summed E-state index contributed by atoms with van der Waals surface area (Å²) in [5.74, 6) is 2.15. The summed E-state index contributed by atoms with van der Waals surface area (Å²) < 4.78 is 6.34. The molecule has 17 heavy (non-hydrogen) atoms. The van der Waals surface area contributed by atoms with Gasteiger partial charge in [0.25, 0.3) is 0 Å². The Morgan fingerprint density at radius 3 is 3.06 bits per heavy atom. The van der Waals surface area contributed by atoms with Crippen molar-refractivity contribution >= 4 is 28.4 Å². The number of halogens is 1. The van der Waals surface area contributed by atoms with E-state index in [1.165, 1.54) is 5.56 Å². The van der Waals surface area contributed by atoms with E-state index in [0.717, 1.165) is 27.9 Å². The fraction of sp³-hybridized carbons (Fsp3) is 0.167. The number of rotatable bonds is 1. The van der Waals surface area contributed by atoms with Crippen LogP contribution in [0.4, 0.5) is 5.82 Å². The molecule has 0 unspecified atom stereocenters. The predicted molar refractivity (Wildman–Crippen MR) is 73.8 cm³/mol. The molecule has 0 fully saturated rings. The second-order valence-electron chi connectivity index (χ2n) is 3.85. The third kappa shape index (κ3) is 1.95. The zero-order valence-corrected chi connectivity index (χ0v) is 11.1. The summed E-state index contributed by atoms with van der Waals surface area (Å²) in [6, 6.07) is 6.00. The molecule has 3 rings (SSSR count). The van der Waals surface area contributed by atoms with E-state index in [4.69, 9.17) is 10.5 Å². The van der Waals surface area contributed by atoms with E-state index in [9.17, 15) is 0 Å². The third-order valence-electron chi connectivity index (χ3n) is 2.72. The lowest BCUT2D eigenvalue weighted by Crippen LogP contribution is -1.98. The van der Waals surface area contributed by atoms with E-state index in [-0.39, 0.29) is 0 Å². The molecule has 0 atom stereocenters. The lowest BCUT2D eigenvalue weighted by Gasteiger charge is -2.04. The normalized spacial score (nSPS) is 13.2. The zero-order chi connectivity index (χ0) is 11.8. The van der Waals surface area contributed by atoms with Crippen LogP contribution in [0.1, 0.15) is 5.56 Å². The van der Waals surface area contributed by atoms with Gasteiger partial charge in [-0.25, -0.2) is 9.97 Å². The first-order chi connectivity index (χ1) is 8.24. The number of ether oxygens (including phenoxy) is 1. The Balaban J connectivity index is 2.06. The number of benzene rings is 1. The lowest BCUT2D eigenvalue weighted by molar-refractivity contribution is 0.357. The summed E-state index contributed by atoms with van der Waals surface area (Å²) in [4.78, 5) is 8.58. The summed E-state index contributed by atoms with van der Waals surface area (Å²) in [5.41, 5.74) is 7.98. The first-order valence-electron chi connectivity index (χ1n) is 5.28. The minimum Gasteiger partial charge on any atom is -0.493 e. The molecule has 0 saturated carbocycles. The molecule has 1 aromatic carbocycles. The Bertz CT molecular complexity index is 586. The molecule has 1 aliphatic rings. The molecule has 0 amide bonds. The first kappa shape index (κ1) is 10.8. The van der Waals surface area contributed by atoms with Crippen molar-refractivity contribution in [1.29, 1.82) is 0 Å². The molecular weight excluding hydrogens is 329 g/mol. The van der Waals surface area contributed by atoms with E-state index in [2.05, 4.69) is 38.6 Å². The van der Waals surface area contributed by atoms with Gasteiger partial charge in [-0.15, -0.1) is 0 Å². The number of hydrogen-bond acceptors (Lipinski definition) is 4. The minimum absolute atomic E-state index is 0.521. The Morgan fingerprint density at radius 2 is 2.24 bits per heavy atom. The SMILES string of the molecule is Nc1nc(-c2ccc3c(c2)CCO3)ncc1I. The third-order valence-corrected chi connectivity index (χ3v) is 3.55. The average Bonchev–Trinajstić information content (AvgIpc) is 2.79. The van der Waals surface area contributed by atoms with Crippen molar-refractivity contribution in [2.75, 3.05) is 12.3 Å². The summed E-state index contributed by atoms with van der Waals surface area (Å²) >= 11 is 2.12. The number of fused-ring (bicyclic) bond motifs is 1. The average molecular weight is 339 g/mol. The van der Waals surface area contributed by atoms with Crippen LogP contribution in [0.2, 0.25) is 0 Å². The fourth-order valence-corrected chi connectivity index (χ4v) is 2.10. The van der Waals surface area contributed by atoms with Gasteiger partial charge in [0.15, 0.2) is 5.82 Å². The van der Waals surface area contributed by atoms with E-state index >= 15 is 0 Å². The van der Waals surface area contributed by atoms with Crippen molar-refractivity contribution < 1.29 is 4.74 Å². The van der Waals surface area contributed by atoms with E-state index in [0.29, 0.717) is 11.6 Å². The molecule has 0 radical (unpaired) electrons. The van der Waals surface area contributed by atoms with Gasteiger partial charge < -0.3 is 10.5 Å². The second kappa shape index (κ2) is 4.14. The van der Waals surface area contributed by atoms with Gasteiger partial charge in [0.05, 0.1) is 10.2 Å². The Hall–Kier alpha value is -1.37. The van der Waals surface area contributed by atoms with Crippen molar-refractivity contribution in [2.45, 2.75) is 6.42 Å². The molecule has 86 valence electrons. The van der Waals surface area contributed by atoms with E-state index in [1.807, 2.05) is 12.1 Å². The van der Waals surface area contributed by atoms with Crippen LogP contribution in [0.15, 0.2) is 24.4 Å². The molecule has 0 aliphatic carbocycles. The van der Waals surface area contributed by atoms with Crippen molar-refractivity contribution in [3.05, 3.63) is 33.5 Å². The highest BCUT2D eigenvalue weighted by molar-refractivity contribution is 14.1. The van der Waals surface area contributed by atoms with Gasteiger partial charge in [0.2, 0.25) is 0 Å². The lowest BCUT2D eigenvalue weighted by atomic mass is 10.1. The zero-order valence-electron chi connectivity index (χ0n) is 8.98. The van der Waals surface area contributed by atoms with Crippen molar-refractivity contribution in [3.63, 3.8) is 0 Å². The Labute approximate surface area is 112 Å². The van der Waals surface area contributed by atoms with Gasteiger partial charge in [-0.3, -0.25) is 0 Å². The molecule has 2 heterocycles. The highest BCUT2D eigenvalue weighted by Crippen LogP contribution is 2.29. The molecule has 2 aromatic rings. The maximum Gasteiger partial charge on any atom is 0.161 e. The van der Waals surface area contributed by atoms with Gasteiger partial charge in [-0.1, -0.05) is 0 Å². The summed E-state index contributed by atoms with van der Waals surface area (Å²) in [7, 11) is 0. The standard InChI is InChI=1S/C12H10IN3O/c13-9-6-15-12(16-11(9)14)8-1-2-10-7(5-8)3-4-17-10/h1-2,5-6H,3-4H2,(H2,14,15,16). The molecular formula is C12H10IN3O. The van der Waals surface area contributed by atoms with Crippen LogP contribution in [0.3, 0.4) is 0 Å². The van der Waals surface area contributed by atoms with E-state index in [1.54, 1.807) is 6.20 Å². The smallest absolute Gasteiger partial charge is 0.161 e. The number of aromatic nitrogens is 2. The van der Waals surface area contributed by atoms with Crippen LogP contribution in [0.5, 0.6) is 5.75 Å². The number of nitrogens with zero attached hydrogens (tertiary/aromatic N) is 2. The Morgan fingerprint density at radius 1 is 1.35 bits per heavy atom. The maximum absolute atomic E-state index is 5.79. The largest absolute Gasteiger partial charge is 0.493 e. The Kier molecular flexibility index (Phi) is 2.62. The minimum atomic E-state index is 0.521. The van der Waals surface area contributed by atoms with Gasteiger partial charge >= 0.3 is 0 Å². The number of anilines is 1. The molecule has 1 aromatic heterocycles. The van der Waals surface area contributed by atoms with Gasteiger partial charge in [-0.2, -0.15) is 0 Å². The summed E-state index contributed by atoms with van der Waals surface area (Å²) in [6.07, 6.45) is 2.69. The topological polar surface area (TPSA) is 61.0 Å². The molecule has 4 nitrogen and oxygen atoms in total. The van der Waals surface area contributed by atoms with Crippen LogP contribution < -0.4 is 10.5 Å². The van der Waals surface area contributed by atoms with Gasteiger partial charge in [0, 0.05) is 18.2 Å². The van der Waals surface area contributed by atoms with Crippen molar-refractivity contribution in [3.8, 4) is 17.1 Å². The highest BCUT2D eigenvalue weighted by atomic mass is 127. The van der Waals surface area contributed by atoms with Crippen molar-refractivity contribution in [1.82, 2.24) is 9.97 Å². The number of nitrogen functional groups attached to an aromatic ring is 1. The number of nitrogens with two attached hydrogens (primary N) is 1. The van der Waals surface area contributed by atoms with Gasteiger partial charge in [-0.05, 0) is 46.4 Å². The van der Waals surface area contributed by atoms with Crippen molar-refractivity contribution in [2.24, 2.45) is 0 Å². The van der Waals surface area contributed by atoms with Crippen LogP contribution in [0, 0.1) is 3.57 Å². The summed E-state index contributed by atoms with van der Waals surface area (Å²) in [5, 5.41) is 0. The number of hydrogen-bond donors (Lipinski definition) is 1. The molecule has 0 bridgehead atoms. The summed E-state index contributed by atoms with van der Waals surface area (Å²) in [6.45, 7) is 0.758. The van der Waals surface area contributed by atoms with Crippen LogP contribution in [0.25, 0.3) is 11.4 Å². The second-order valence-corrected chi connectivity index (χ2v) is 5.01. The molecule has 5 heteroatoms. The molecule has 1 aliphatic heterocycles. The van der Waals surface area contributed by atoms with E-state index < -0.39 is 0 Å². The monoisotopic (exact) mass is 339 g/mol. The quantitative estimate of drug-likeness (QED) is 0.810. The maximum atomic E-state index is 5.79. The highest BCUT2D eigenvalue weighted by Gasteiger charge is 2.13. The van der Waals surface area contributed by atoms with Crippen LogP contribution in [-0.4, -0.2) is 16.6 Å². The van der Waals surface area contributed by atoms with Gasteiger partial charge in [0.1, 0.15) is 11.6 Å². The fourth-order valence-electron chi connectivity index (χ4n) is 1.85.